The predicted molar refractivity (Wildman–Crippen MR) is 87.7 cm³/mol. The smallest absolute Gasteiger partial charge is 0.333 e. The lowest BCUT2D eigenvalue weighted by atomic mass is 10.1. The molecule has 1 fully saturated rings. The maximum Gasteiger partial charge on any atom is 0.333 e. The second-order valence-corrected chi connectivity index (χ2v) is 6.40. The summed E-state index contributed by atoms with van der Waals surface area (Å²) in [7, 11) is 2.76. The minimum absolute atomic E-state index is 0.0133. The summed E-state index contributed by atoms with van der Waals surface area (Å²) in [6.45, 7) is 9.13. The van der Waals surface area contributed by atoms with Crippen LogP contribution in [0.3, 0.4) is 0 Å². The number of likely N-dealkylation sites (N-methyl/N-ethyl adjacent to an activating group) is 2. The molecule has 23 heavy (non-hydrogen) atoms. The Hall–Kier alpha value is -2.37. The molecule has 1 aliphatic rings. The van der Waals surface area contributed by atoms with Crippen LogP contribution in [0.4, 0.5) is 4.79 Å². The first-order chi connectivity index (χ1) is 10.6. The molecular weight excluding hydrogens is 294 g/mol. The van der Waals surface area contributed by atoms with Crippen LogP contribution in [0.2, 0.25) is 0 Å². The molecule has 0 aliphatic carbocycles. The van der Waals surface area contributed by atoms with E-state index in [2.05, 4.69) is 18.4 Å². The zero-order valence-electron chi connectivity index (χ0n) is 14.5. The van der Waals surface area contributed by atoms with E-state index in [1.54, 1.807) is 6.08 Å². The minimum atomic E-state index is -0.609. The summed E-state index contributed by atoms with van der Waals surface area (Å²) in [6, 6.07) is 1.35. The van der Waals surface area contributed by atoms with E-state index in [1.807, 2.05) is 19.9 Å². The van der Waals surface area contributed by atoms with Crippen molar-refractivity contribution >= 4 is 23.9 Å². The van der Waals surface area contributed by atoms with E-state index < -0.39 is 17.8 Å². The Labute approximate surface area is 136 Å². The summed E-state index contributed by atoms with van der Waals surface area (Å²) >= 11 is 0. The van der Waals surface area contributed by atoms with Gasteiger partial charge in [-0.2, -0.15) is 0 Å². The topological polar surface area (TPSA) is 62.6 Å². The van der Waals surface area contributed by atoms with Crippen LogP contribution >= 0.6 is 0 Å². The molecule has 4 amide bonds. The fourth-order valence-corrected chi connectivity index (χ4v) is 2.75. The van der Waals surface area contributed by atoms with Crippen LogP contribution in [0.25, 0.3) is 6.08 Å². The predicted octanol–water partition coefficient (Wildman–Crippen LogP) is 2.19. The highest BCUT2D eigenvalue weighted by molar-refractivity contribution is 6.30. The summed E-state index contributed by atoms with van der Waals surface area (Å²) in [6.07, 6.45) is 1.59. The lowest BCUT2D eigenvalue weighted by Gasteiger charge is -2.28. The van der Waals surface area contributed by atoms with Crippen LogP contribution in [0, 0.1) is 19.8 Å². The maximum absolute atomic E-state index is 12.3. The fraction of sp³-hybridized carbons (Fsp3) is 0.471. The van der Waals surface area contributed by atoms with Crippen molar-refractivity contribution < 1.29 is 14.4 Å². The van der Waals surface area contributed by atoms with Gasteiger partial charge in [0.25, 0.3) is 11.8 Å². The van der Waals surface area contributed by atoms with Gasteiger partial charge < -0.3 is 4.57 Å². The Morgan fingerprint density at radius 2 is 1.57 bits per heavy atom. The summed E-state index contributed by atoms with van der Waals surface area (Å²) in [5.41, 5.74) is 2.93. The molecule has 2 heterocycles. The third kappa shape index (κ3) is 2.93. The lowest BCUT2D eigenvalue weighted by molar-refractivity contribution is -0.134. The molecule has 6 nitrogen and oxygen atoms in total. The minimum Gasteiger partial charge on any atom is -0.348 e. The van der Waals surface area contributed by atoms with Gasteiger partial charge in [0.15, 0.2) is 0 Å². The van der Waals surface area contributed by atoms with Crippen LogP contribution in [0.5, 0.6) is 0 Å². The molecule has 1 aliphatic heterocycles. The summed E-state index contributed by atoms with van der Waals surface area (Å²) in [4.78, 5) is 38.2. The lowest BCUT2D eigenvalue weighted by Crippen LogP contribution is -2.52. The molecule has 124 valence electrons. The number of carbonyl (C=O) groups is 3. The van der Waals surface area contributed by atoms with Gasteiger partial charge in [0, 0.05) is 32.0 Å². The molecule has 0 atom stereocenters. The number of nitrogens with zero attached hydrogens (tertiary/aromatic N) is 3. The maximum atomic E-state index is 12.3. The Kier molecular flexibility index (Phi) is 4.45. The fourth-order valence-electron chi connectivity index (χ4n) is 2.75. The molecule has 2 rings (SSSR count). The molecular formula is C17H23N3O3. The normalized spacial score (nSPS) is 16.0. The summed E-state index contributed by atoms with van der Waals surface area (Å²) in [5, 5.41) is 0. The van der Waals surface area contributed by atoms with Crippen molar-refractivity contribution in [1.29, 1.82) is 0 Å². The molecule has 0 bridgehead atoms. The van der Waals surface area contributed by atoms with Gasteiger partial charge in [-0.25, -0.2) is 4.79 Å². The van der Waals surface area contributed by atoms with E-state index in [4.69, 9.17) is 0 Å². The van der Waals surface area contributed by atoms with Crippen LogP contribution < -0.4 is 0 Å². The van der Waals surface area contributed by atoms with Gasteiger partial charge in [-0.3, -0.25) is 19.4 Å². The van der Waals surface area contributed by atoms with Gasteiger partial charge in [-0.15, -0.1) is 0 Å². The van der Waals surface area contributed by atoms with Crippen molar-refractivity contribution in [2.45, 2.75) is 34.2 Å². The zero-order valence-corrected chi connectivity index (χ0v) is 14.5. The van der Waals surface area contributed by atoms with Crippen LogP contribution in [-0.4, -0.2) is 46.3 Å². The van der Waals surface area contributed by atoms with Crippen molar-refractivity contribution in [3.05, 3.63) is 28.6 Å². The van der Waals surface area contributed by atoms with E-state index in [9.17, 15) is 14.4 Å². The highest BCUT2D eigenvalue weighted by atomic mass is 16.2. The Morgan fingerprint density at radius 3 is 2.04 bits per heavy atom. The van der Waals surface area contributed by atoms with Gasteiger partial charge in [-0.05, 0) is 37.5 Å². The molecule has 1 aromatic rings. The number of barbiturate groups is 1. The standard InChI is InChI=1S/C17H23N3O3/c1-10(2)9-20-11(3)7-13(12(20)4)8-14-15(21)18(5)17(23)19(6)16(14)22/h7-8,10H,9H2,1-6H3. The first kappa shape index (κ1) is 17.0. The molecule has 0 unspecified atom stereocenters. The van der Waals surface area contributed by atoms with Crippen molar-refractivity contribution in [2.75, 3.05) is 14.1 Å². The van der Waals surface area contributed by atoms with E-state index in [0.29, 0.717) is 5.92 Å². The molecule has 6 heteroatoms. The van der Waals surface area contributed by atoms with Gasteiger partial charge in [-0.1, -0.05) is 13.8 Å². The Bertz CT molecular complexity index is 687. The number of rotatable bonds is 3. The highest BCUT2D eigenvalue weighted by Crippen LogP contribution is 2.23. The number of imide groups is 2. The monoisotopic (exact) mass is 317 g/mol. The quantitative estimate of drug-likeness (QED) is 0.634. The first-order valence-corrected chi connectivity index (χ1v) is 7.63. The van der Waals surface area contributed by atoms with Crippen molar-refractivity contribution in [3.63, 3.8) is 0 Å². The Morgan fingerprint density at radius 1 is 1.04 bits per heavy atom. The van der Waals surface area contributed by atoms with Gasteiger partial charge in [0.2, 0.25) is 0 Å². The number of carbonyl (C=O) groups excluding carboxylic acids is 3. The van der Waals surface area contributed by atoms with Crippen molar-refractivity contribution in [3.8, 4) is 0 Å². The second kappa shape index (κ2) is 6.02. The SMILES string of the molecule is Cc1cc(C=C2C(=O)N(C)C(=O)N(C)C2=O)c(C)n1CC(C)C. The number of urea groups is 1. The summed E-state index contributed by atoms with van der Waals surface area (Å²) < 4.78 is 2.17. The third-order valence-corrected chi connectivity index (χ3v) is 4.10. The number of aryl methyl sites for hydroxylation is 1. The van der Waals surface area contributed by atoms with E-state index in [-0.39, 0.29) is 5.57 Å². The molecule has 0 saturated carbocycles. The number of hydrogen-bond donors (Lipinski definition) is 0. The van der Waals surface area contributed by atoms with Crippen LogP contribution in [0.1, 0.15) is 30.8 Å². The van der Waals surface area contributed by atoms with E-state index in [1.165, 1.54) is 14.1 Å². The number of amides is 4. The van der Waals surface area contributed by atoms with Crippen molar-refractivity contribution in [1.82, 2.24) is 14.4 Å². The van der Waals surface area contributed by atoms with Crippen molar-refractivity contribution in [2.24, 2.45) is 5.92 Å². The van der Waals surface area contributed by atoms with Crippen LogP contribution in [0.15, 0.2) is 11.6 Å². The molecule has 0 N–H and O–H groups in total. The first-order valence-electron chi connectivity index (χ1n) is 7.63. The highest BCUT2D eigenvalue weighted by Gasteiger charge is 2.37. The average Bonchev–Trinajstić information content (AvgIpc) is 2.74. The van der Waals surface area contributed by atoms with E-state index >= 15 is 0 Å². The largest absolute Gasteiger partial charge is 0.348 e. The van der Waals surface area contributed by atoms with Gasteiger partial charge >= 0.3 is 6.03 Å². The third-order valence-electron chi connectivity index (χ3n) is 4.10. The zero-order chi connectivity index (χ0) is 17.5. The van der Waals surface area contributed by atoms with Crippen LogP contribution in [-0.2, 0) is 16.1 Å². The van der Waals surface area contributed by atoms with E-state index in [0.717, 1.165) is 33.3 Å². The molecule has 1 aromatic heterocycles. The average molecular weight is 317 g/mol. The number of aromatic nitrogens is 1. The Balaban J connectivity index is 2.47. The van der Waals surface area contributed by atoms with Gasteiger partial charge in [0.1, 0.15) is 5.57 Å². The number of hydrogen-bond acceptors (Lipinski definition) is 3. The molecule has 0 spiro atoms. The molecule has 0 aromatic carbocycles. The summed E-state index contributed by atoms with van der Waals surface area (Å²) in [5.74, 6) is -0.633. The second-order valence-electron chi connectivity index (χ2n) is 6.40. The molecule has 1 saturated heterocycles. The van der Waals surface area contributed by atoms with Gasteiger partial charge in [0.05, 0.1) is 0 Å². The molecule has 0 radical (unpaired) electrons.